The number of pyridine rings is 1. The average Bonchev–Trinajstić information content (AvgIpc) is 3.30. The van der Waals surface area contributed by atoms with Crippen molar-refractivity contribution in [2.24, 2.45) is 0 Å². The zero-order valence-corrected chi connectivity index (χ0v) is 20.5. The number of anilines is 1. The van der Waals surface area contributed by atoms with Crippen molar-refractivity contribution < 1.29 is 4.39 Å². The van der Waals surface area contributed by atoms with E-state index in [-0.39, 0.29) is 5.82 Å². The van der Waals surface area contributed by atoms with Gasteiger partial charge in [-0.3, -0.25) is 9.30 Å². The maximum atomic E-state index is 13.7. The molecule has 7 heteroatoms. The van der Waals surface area contributed by atoms with Gasteiger partial charge in [0.25, 0.3) is 0 Å². The van der Waals surface area contributed by atoms with Crippen LogP contribution in [-0.4, -0.2) is 37.3 Å². The first-order valence-corrected chi connectivity index (χ1v) is 12.2. The van der Waals surface area contributed by atoms with Crippen LogP contribution < -0.4 is 5.32 Å². The number of nitrogens with zero attached hydrogens (tertiary/aromatic N) is 5. The summed E-state index contributed by atoms with van der Waals surface area (Å²) in [5, 5.41) is 3.31. The molecule has 5 rings (SSSR count). The Labute approximate surface area is 210 Å². The van der Waals surface area contributed by atoms with Crippen LogP contribution in [-0.2, 0) is 13.1 Å². The minimum absolute atomic E-state index is 0.278. The topological polar surface area (TPSA) is 58.4 Å². The Morgan fingerprint density at radius 3 is 2.42 bits per heavy atom. The third-order valence-electron chi connectivity index (χ3n) is 6.30. The van der Waals surface area contributed by atoms with E-state index in [1.54, 1.807) is 18.3 Å². The van der Waals surface area contributed by atoms with Gasteiger partial charge >= 0.3 is 0 Å². The molecule has 0 radical (unpaired) electrons. The summed E-state index contributed by atoms with van der Waals surface area (Å²) in [6.45, 7) is 7.79. The lowest BCUT2D eigenvalue weighted by atomic mass is 10.1. The van der Waals surface area contributed by atoms with Crippen molar-refractivity contribution >= 4 is 11.6 Å². The van der Waals surface area contributed by atoms with Crippen LogP contribution in [0.1, 0.15) is 25.0 Å². The average molecular weight is 481 g/mol. The molecule has 0 fully saturated rings. The Balaban J connectivity index is 1.56. The van der Waals surface area contributed by atoms with E-state index in [2.05, 4.69) is 53.3 Å². The quantitative estimate of drug-likeness (QED) is 0.278. The van der Waals surface area contributed by atoms with E-state index in [9.17, 15) is 4.39 Å². The zero-order valence-electron chi connectivity index (χ0n) is 20.5. The van der Waals surface area contributed by atoms with Crippen LogP contribution in [0.25, 0.3) is 28.3 Å². The predicted octanol–water partition coefficient (Wildman–Crippen LogP) is 6.05. The highest BCUT2D eigenvalue weighted by Gasteiger charge is 2.18. The van der Waals surface area contributed by atoms with Crippen molar-refractivity contribution in [1.29, 1.82) is 0 Å². The van der Waals surface area contributed by atoms with E-state index >= 15 is 0 Å². The Hall–Kier alpha value is -4.10. The van der Waals surface area contributed by atoms with E-state index in [0.717, 1.165) is 53.5 Å². The van der Waals surface area contributed by atoms with Crippen molar-refractivity contribution in [1.82, 2.24) is 24.3 Å². The number of fused-ring (bicyclic) bond motifs is 1. The minimum atomic E-state index is -0.278. The van der Waals surface area contributed by atoms with E-state index < -0.39 is 0 Å². The molecule has 0 amide bonds. The maximum absolute atomic E-state index is 13.7. The summed E-state index contributed by atoms with van der Waals surface area (Å²) in [7, 11) is 0. The highest BCUT2D eigenvalue weighted by atomic mass is 19.1. The molecule has 5 aromatic rings. The fourth-order valence-corrected chi connectivity index (χ4v) is 4.30. The molecular formula is C29H29FN6. The molecular weight excluding hydrogens is 451 g/mol. The Bertz CT molecular complexity index is 1440. The first-order chi connectivity index (χ1) is 17.6. The lowest BCUT2D eigenvalue weighted by molar-refractivity contribution is 0.296. The molecule has 0 bridgehead atoms. The van der Waals surface area contributed by atoms with Crippen LogP contribution in [0.4, 0.5) is 10.3 Å². The fourth-order valence-electron chi connectivity index (χ4n) is 4.30. The highest BCUT2D eigenvalue weighted by molar-refractivity contribution is 5.80. The van der Waals surface area contributed by atoms with Gasteiger partial charge in [0.15, 0.2) is 0 Å². The molecule has 0 spiro atoms. The van der Waals surface area contributed by atoms with Crippen LogP contribution in [0.3, 0.4) is 0 Å². The molecule has 0 aliphatic rings. The SMILES string of the molecule is CCN(CC)Cc1ccn2c(-c3ccnc(NCc4ccccc4)n3)c(-c3ccc(F)cc3)nc2c1. The van der Waals surface area contributed by atoms with Gasteiger partial charge in [-0.2, -0.15) is 0 Å². The number of aromatic nitrogens is 4. The molecule has 3 aromatic heterocycles. The number of benzene rings is 2. The summed E-state index contributed by atoms with van der Waals surface area (Å²) in [6.07, 6.45) is 3.79. The van der Waals surface area contributed by atoms with E-state index in [1.165, 1.54) is 17.7 Å². The van der Waals surface area contributed by atoms with Crippen molar-refractivity contribution in [2.45, 2.75) is 26.9 Å². The third kappa shape index (κ3) is 5.11. The predicted molar refractivity (Wildman–Crippen MR) is 142 cm³/mol. The number of nitrogens with one attached hydrogen (secondary N) is 1. The van der Waals surface area contributed by atoms with Crippen LogP contribution >= 0.6 is 0 Å². The summed E-state index contributed by atoms with van der Waals surface area (Å²) in [4.78, 5) is 16.6. The number of halogens is 1. The normalized spacial score (nSPS) is 11.3. The molecule has 0 aliphatic carbocycles. The van der Waals surface area contributed by atoms with Gasteiger partial charge in [0.05, 0.1) is 17.1 Å². The number of hydrogen-bond donors (Lipinski definition) is 1. The smallest absolute Gasteiger partial charge is 0.223 e. The highest BCUT2D eigenvalue weighted by Crippen LogP contribution is 2.32. The summed E-state index contributed by atoms with van der Waals surface area (Å²) < 4.78 is 15.7. The van der Waals surface area contributed by atoms with Crippen LogP contribution in [0.5, 0.6) is 0 Å². The van der Waals surface area contributed by atoms with Gasteiger partial charge in [-0.25, -0.2) is 19.3 Å². The molecule has 2 aromatic carbocycles. The van der Waals surface area contributed by atoms with Gasteiger partial charge in [-0.1, -0.05) is 44.2 Å². The van der Waals surface area contributed by atoms with Crippen LogP contribution in [0.2, 0.25) is 0 Å². The minimum Gasteiger partial charge on any atom is -0.350 e. The Morgan fingerprint density at radius 1 is 0.889 bits per heavy atom. The second-order valence-electron chi connectivity index (χ2n) is 8.65. The number of imidazole rings is 1. The first kappa shape index (κ1) is 23.6. The Morgan fingerprint density at radius 2 is 1.67 bits per heavy atom. The molecule has 36 heavy (non-hydrogen) atoms. The molecule has 6 nitrogen and oxygen atoms in total. The van der Waals surface area contributed by atoms with Gasteiger partial charge in [0.1, 0.15) is 11.5 Å². The molecule has 182 valence electrons. The van der Waals surface area contributed by atoms with Gasteiger partial charge in [0, 0.05) is 31.0 Å². The number of hydrogen-bond acceptors (Lipinski definition) is 5. The zero-order chi connectivity index (χ0) is 24.9. The second-order valence-corrected chi connectivity index (χ2v) is 8.65. The molecule has 0 saturated heterocycles. The molecule has 0 atom stereocenters. The monoisotopic (exact) mass is 480 g/mol. The van der Waals surface area contributed by atoms with Crippen LogP contribution in [0.15, 0.2) is 85.2 Å². The van der Waals surface area contributed by atoms with Gasteiger partial charge in [-0.15, -0.1) is 0 Å². The second kappa shape index (κ2) is 10.7. The van der Waals surface area contributed by atoms with Crippen molar-refractivity contribution in [2.75, 3.05) is 18.4 Å². The maximum Gasteiger partial charge on any atom is 0.223 e. The largest absolute Gasteiger partial charge is 0.350 e. The first-order valence-electron chi connectivity index (χ1n) is 12.2. The fraction of sp³-hybridized carbons (Fsp3) is 0.207. The Kier molecular flexibility index (Phi) is 7.00. The number of rotatable bonds is 9. The van der Waals surface area contributed by atoms with Gasteiger partial charge in [-0.05, 0) is 66.7 Å². The summed E-state index contributed by atoms with van der Waals surface area (Å²) in [5.41, 5.74) is 6.34. The molecule has 0 unspecified atom stereocenters. The summed E-state index contributed by atoms with van der Waals surface area (Å²) in [6, 6.07) is 22.7. The van der Waals surface area contributed by atoms with E-state index in [0.29, 0.717) is 12.5 Å². The van der Waals surface area contributed by atoms with E-state index in [1.807, 2.05) is 34.9 Å². The van der Waals surface area contributed by atoms with Gasteiger partial charge in [0.2, 0.25) is 5.95 Å². The molecule has 0 aliphatic heterocycles. The lowest BCUT2D eigenvalue weighted by Gasteiger charge is -2.18. The van der Waals surface area contributed by atoms with Gasteiger partial charge < -0.3 is 5.32 Å². The van der Waals surface area contributed by atoms with Crippen molar-refractivity contribution in [3.05, 3.63) is 102 Å². The third-order valence-corrected chi connectivity index (χ3v) is 6.30. The molecule has 3 heterocycles. The van der Waals surface area contributed by atoms with E-state index in [4.69, 9.17) is 9.97 Å². The van der Waals surface area contributed by atoms with Crippen LogP contribution in [0, 0.1) is 5.82 Å². The summed E-state index contributed by atoms with van der Waals surface area (Å²) >= 11 is 0. The summed E-state index contributed by atoms with van der Waals surface area (Å²) in [5.74, 6) is 0.259. The lowest BCUT2D eigenvalue weighted by Crippen LogP contribution is -2.22. The molecule has 0 saturated carbocycles. The standard InChI is InChI=1S/C29H29FN6/c1-3-35(4-2)20-22-15-17-36-26(18-22)34-27(23-10-12-24(30)13-11-23)28(36)25-14-16-31-29(33-25)32-19-21-8-6-5-7-9-21/h5-18H,3-4,19-20H2,1-2H3,(H,31,32,33). The van der Waals surface area contributed by atoms with Crippen molar-refractivity contribution in [3.8, 4) is 22.6 Å². The van der Waals surface area contributed by atoms with Crippen molar-refractivity contribution in [3.63, 3.8) is 0 Å². The molecule has 1 N–H and O–H groups in total.